The van der Waals surface area contributed by atoms with E-state index < -0.39 is 0 Å². The molecule has 2 N–H and O–H groups in total. The first-order chi connectivity index (χ1) is 4.38. The lowest BCUT2D eigenvalue weighted by Crippen LogP contribution is -2.07. The molecule has 2 rings (SSSR count). The minimum atomic E-state index is 1.02. The van der Waals surface area contributed by atoms with Gasteiger partial charge in [-0.1, -0.05) is 0 Å². The highest BCUT2D eigenvalue weighted by atomic mass is 32.1. The van der Waals surface area contributed by atoms with Gasteiger partial charge in [-0.15, -0.1) is 11.3 Å². The van der Waals surface area contributed by atoms with Crippen LogP contribution in [0.4, 0.5) is 0 Å². The Bertz CT molecular complexity index is 321. The van der Waals surface area contributed by atoms with Gasteiger partial charge in [0.15, 0.2) is 0 Å². The topological polar surface area (TPSA) is 43.8 Å². The highest BCUT2D eigenvalue weighted by molar-refractivity contribution is 7.16. The fourth-order valence-corrected chi connectivity index (χ4v) is 1.53. The molecule has 0 aliphatic heterocycles. The summed E-state index contributed by atoms with van der Waals surface area (Å²) in [4.78, 5) is 2.41. The second-order valence-corrected chi connectivity index (χ2v) is 2.66. The SMILES string of the molecule is Nn1ncc2ccsc21. The zero-order chi connectivity index (χ0) is 6.27. The summed E-state index contributed by atoms with van der Waals surface area (Å²) < 4.78 is 0. The molecule has 0 bridgehead atoms. The molecule has 2 aromatic heterocycles. The number of aromatic nitrogens is 2. The fraction of sp³-hybridized carbons (Fsp3) is 0. The summed E-state index contributed by atoms with van der Waals surface area (Å²) in [6, 6.07) is 2.00. The molecule has 0 aromatic carbocycles. The molecular formula is C5H5N3S. The summed E-state index contributed by atoms with van der Waals surface area (Å²) in [5, 5.41) is 6.97. The molecule has 0 saturated carbocycles. The molecule has 0 spiro atoms. The van der Waals surface area contributed by atoms with Gasteiger partial charge in [-0.25, -0.2) is 0 Å². The maximum Gasteiger partial charge on any atom is 0.144 e. The Morgan fingerprint density at radius 2 is 2.56 bits per heavy atom. The Hall–Kier alpha value is -1.03. The summed E-state index contributed by atoms with van der Waals surface area (Å²) >= 11 is 1.60. The van der Waals surface area contributed by atoms with E-state index in [4.69, 9.17) is 5.84 Å². The van der Waals surface area contributed by atoms with Crippen molar-refractivity contribution in [3.05, 3.63) is 17.6 Å². The van der Waals surface area contributed by atoms with Gasteiger partial charge in [0.1, 0.15) is 4.83 Å². The molecule has 2 aromatic rings. The molecule has 0 aliphatic rings. The number of hydrogen-bond acceptors (Lipinski definition) is 3. The van der Waals surface area contributed by atoms with Gasteiger partial charge in [-0.05, 0) is 11.4 Å². The quantitative estimate of drug-likeness (QED) is 0.549. The van der Waals surface area contributed by atoms with E-state index in [0.29, 0.717) is 0 Å². The highest BCUT2D eigenvalue weighted by Crippen LogP contribution is 2.17. The van der Waals surface area contributed by atoms with Crippen molar-refractivity contribution in [2.45, 2.75) is 0 Å². The van der Waals surface area contributed by atoms with Gasteiger partial charge in [0.05, 0.1) is 6.20 Å². The van der Waals surface area contributed by atoms with E-state index in [0.717, 1.165) is 10.2 Å². The van der Waals surface area contributed by atoms with E-state index in [2.05, 4.69) is 5.10 Å². The van der Waals surface area contributed by atoms with Crippen LogP contribution in [0.5, 0.6) is 0 Å². The van der Waals surface area contributed by atoms with Crippen molar-refractivity contribution in [1.29, 1.82) is 0 Å². The van der Waals surface area contributed by atoms with Crippen LogP contribution in [0.1, 0.15) is 0 Å². The molecule has 0 aliphatic carbocycles. The van der Waals surface area contributed by atoms with E-state index in [-0.39, 0.29) is 0 Å². The number of fused-ring (bicyclic) bond motifs is 1. The minimum Gasteiger partial charge on any atom is -0.322 e. The molecule has 4 heteroatoms. The summed E-state index contributed by atoms with van der Waals surface area (Å²) in [5.41, 5.74) is 0. The van der Waals surface area contributed by atoms with Crippen molar-refractivity contribution in [1.82, 2.24) is 9.89 Å². The number of hydrogen-bond donors (Lipinski definition) is 1. The Labute approximate surface area is 55.7 Å². The molecule has 46 valence electrons. The van der Waals surface area contributed by atoms with Gasteiger partial charge >= 0.3 is 0 Å². The highest BCUT2D eigenvalue weighted by Gasteiger charge is 1.97. The van der Waals surface area contributed by atoms with Crippen molar-refractivity contribution in [3.63, 3.8) is 0 Å². The molecule has 0 amide bonds. The van der Waals surface area contributed by atoms with Crippen molar-refractivity contribution < 1.29 is 0 Å². The van der Waals surface area contributed by atoms with Crippen molar-refractivity contribution in [2.24, 2.45) is 0 Å². The standard InChI is InChI=1S/C5H5N3S/c6-8-5-4(3-7-8)1-2-9-5/h1-3H,6H2. The van der Waals surface area contributed by atoms with Crippen LogP contribution in [0.2, 0.25) is 0 Å². The maximum absolute atomic E-state index is 5.44. The zero-order valence-corrected chi connectivity index (χ0v) is 5.43. The second kappa shape index (κ2) is 1.48. The van der Waals surface area contributed by atoms with Crippen LogP contribution < -0.4 is 5.84 Å². The Kier molecular flexibility index (Phi) is 0.790. The van der Waals surface area contributed by atoms with Gasteiger partial charge in [0.25, 0.3) is 0 Å². The predicted octanol–water partition coefficient (Wildman–Crippen LogP) is 0.812. The lowest BCUT2D eigenvalue weighted by atomic mass is 10.5. The first kappa shape index (κ1) is 4.81. The van der Waals surface area contributed by atoms with Crippen LogP contribution >= 0.6 is 11.3 Å². The second-order valence-electron chi connectivity index (χ2n) is 1.77. The van der Waals surface area contributed by atoms with Crippen molar-refractivity contribution in [2.75, 3.05) is 5.84 Å². The first-order valence-corrected chi connectivity index (χ1v) is 3.42. The van der Waals surface area contributed by atoms with Crippen LogP contribution in [0.15, 0.2) is 17.6 Å². The number of thiophene rings is 1. The number of rotatable bonds is 0. The van der Waals surface area contributed by atoms with Crippen LogP contribution in [-0.2, 0) is 0 Å². The molecule has 0 fully saturated rings. The zero-order valence-electron chi connectivity index (χ0n) is 4.61. The van der Waals surface area contributed by atoms with Gasteiger partial charge in [-0.2, -0.15) is 9.89 Å². The molecular weight excluding hydrogens is 134 g/mol. The minimum absolute atomic E-state index is 1.02. The molecule has 9 heavy (non-hydrogen) atoms. The molecule has 0 saturated heterocycles. The molecule has 2 heterocycles. The molecule has 3 nitrogen and oxygen atoms in total. The lowest BCUT2D eigenvalue weighted by Gasteiger charge is -1.84. The van der Waals surface area contributed by atoms with E-state index >= 15 is 0 Å². The van der Waals surface area contributed by atoms with E-state index in [1.807, 2.05) is 11.4 Å². The number of nitrogens with zero attached hydrogens (tertiary/aromatic N) is 2. The average Bonchev–Trinajstić information content (AvgIpc) is 2.35. The van der Waals surface area contributed by atoms with Crippen LogP contribution in [-0.4, -0.2) is 9.89 Å². The van der Waals surface area contributed by atoms with E-state index in [1.165, 1.54) is 4.79 Å². The van der Waals surface area contributed by atoms with Crippen molar-refractivity contribution >= 4 is 21.6 Å². The van der Waals surface area contributed by atoms with Crippen LogP contribution in [0, 0.1) is 0 Å². The largest absolute Gasteiger partial charge is 0.322 e. The Morgan fingerprint density at radius 1 is 1.67 bits per heavy atom. The predicted molar refractivity (Wildman–Crippen MR) is 37.8 cm³/mol. The summed E-state index contributed by atoms with van der Waals surface area (Å²) in [6.45, 7) is 0. The monoisotopic (exact) mass is 139 g/mol. The molecule has 0 radical (unpaired) electrons. The van der Waals surface area contributed by atoms with Gasteiger partial charge in [0, 0.05) is 5.39 Å². The summed E-state index contributed by atoms with van der Waals surface area (Å²) in [6.07, 6.45) is 1.76. The summed E-state index contributed by atoms with van der Waals surface area (Å²) in [5.74, 6) is 5.44. The third-order valence-electron chi connectivity index (χ3n) is 1.20. The third-order valence-corrected chi connectivity index (χ3v) is 2.12. The Balaban J connectivity index is 2.99. The molecule has 0 unspecified atom stereocenters. The molecule has 0 atom stereocenters. The number of nitrogen functional groups attached to an aromatic ring is 1. The van der Waals surface area contributed by atoms with Crippen LogP contribution in [0.3, 0.4) is 0 Å². The lowest BCUT2D eigenvalue weighted by molar-refractivity contribution is 0.868. The third kappa shape index (κ3) is 0.533. The maximum atomic E-state index is 5.44. The average molecular weight is 139 g/mol. The summed E-state index contributed by atoms with van der Waals surface area (Å²) in [7, 11) is 0. The normalized spacial score (nSPS) is 10.7. The van der Waals surface area contributed by atoms with Gasteiger partial charge in [0.2, 0.25) is 0 Å². The van der Waals surface area contributed by atoms with Crippen molar-refractivity contribution in [3.8, 4) is 0 Å². The van der Waals surface area contributed by atoms with Crippen LogP contribution in [0.25, 0.3) is 10.2 Å². The number of nitrogens with two attached hydrogens (primary N) is 1. The van der Waals surface area contributed by atoms with E-state index in [9.17, 15) is 0 Å². The fourth-order valence-electron chi connectivity index (χ4n) is 0.772. The smallest absolute Gasteiger partial charge is 0.144 e. The van der Waals surface area contributed by atoms with Gasteiger partial charge < -0.3 is 5.84 Å². The first-order valence-electron chi connectivity index (χ1n) is 2.54. The van der Waals surface area contributed by atoms with Gasteiger partial charge in [-0.3, -0.25) is 0 Å². The Morgan fingerprint density at radius 3 is 3.33 bits per heavy atom. The van der Waals surface area contributed by atoms with E-state index in [1.54, 1.807) is 17.5 Å².